The van der Waals surface area contributed by atoms with Gasteiger partial charge in [-0.25, -0.2) is 4.79 Å². The summed E-state index contributed by atoms with van der Waals surface area (Å²) in [7, 11) is 0. The largest absolute Gasteiger partial charge is 0.393 e. The molecule has 1 aliphatic rings. The third-order valence-corrected chi connectivity index (χ3v) is 4.43. The van der Waals surface area contributed by atoms with E-state index in [9.17, 15) is 9.90 Å². The van der Waals surface area contributed by atoms with Gasteiger partial charge < -0.3 is 15.7 Å². The molecular formula is C13H20N2O2S. The average Bonchev–Trinajstić information content (AvgIpc) is 2.75. The van der Waals surface area contributed by atoms with Gasteiger partial charge in [-0.05, 0) is 49.6 Å². The molecule has 0 spiro atoms. The summed E-state index contributed by atoms with van der Waals surface area (Å²) < 4.78 is 0. The molecule has 0 unspecified atom stereocenters. The molecule has 0 atom stereocenters. The van der Waals surface area contributed by atoms with Crippen molar-refractivity contribution in [2.75, 3.05) is 0 Å². The van der Waals surface area contributed by atoms with Gasteiger partial charge in [0.05, 0.1) is 12.6 Å². The van der Waals surface area contributed by atoms with Gasteiger partial charge in [-0.3, -0.25) is 0 Å². The zero-order valence-electron chi connectivity index (χ0n) is 10.6. The first-order valence-corrected chi connectivity index (χ1v) is 7.28. The standard InChI is InChI=1S/C13H20N2O2S/c1-9-6-7-18-12(9)8-14-13(17)15-10-2-4-11(16)5-3-10/h6-7,10-11,16H,2-5,8H2,1H3,(H2,14,15,17). The molecule has 3 N–H and O–H groups in total. The van der Waals surface area contributed by atoms with E-state index in [1.807, 2.05) is 12.3 Å². The van der Waals surface area contributed by atoms with Crippen molar-refractivity contribution >= 4 is 17.4 Å². The molecule has 1 heterocycles. The second-order valence-corrected chi connectivity index (χ2v) is 5.86. The second kappa shape index (κ2) is 6.20. The molecule has 0 bridgehead atoms. The minimum Gasteiger partial charge on any atom is -0.393 e. The lowest BCUT2D eigenvalue weighted by molar-refractivity contribution is 0.117. The van der Waals surface area contributed by atoms with E-state index in [0.29, 0.717) is 6.54 Å². The van der Waals surface area contributed by atoms with Gasteiger partial charge in [0.15, 0.2) is 0 Å². The summed E-state index contributed by atoms with van der Waals surface area (Å²) >= 11 is 1.66. The van der Waals surface area contributed by atoms with Crippen LogP contribution in [0.4, 0.5) is 4.79 Å². The number of urea groups is 1. The average molecular weight is 268 g/mol. The minimum atomic E-state index is -0.181. The first-order chi connectivity index (χ1) is 8.65. The smallest absolute Gasteiger partial charge is 0.315 e. The number of thiophene rings is 1. The number of hydrogen-bond donors (Lipinski definition) is 3. The Bertz CT molecular complexity index is 397. The number of aryl methyl sites for hydroxylation is 1. The molecule has 4 nitrogen and oxygen atoms in total. The summed E-state index contributed by atoms with van der Waals surface area (Å²) in [5.74, 6) is 0. The molecule has 0 saturated heterocycles. The van der Waals surface area contributed by atoms with Gasteiger partial charge >= 0.3 is 6.03 Å². The maximum absolute atomic E-state index is 11.7. The summed E-state index contributed by atoms with van der Waals surface area (Å²) in [6, 6.07) is 2.16. The Morgan fingerprint density at radius 1 is 1.44 bits per heavy atom. The number of hydrogen-bond acceptors (Lipinski definition) is 3. The van der Waals surface area contributed by atoms with Crippen LogP contribution in [0.25, 0.3) is 0 Å². The summed E-state index contributed by atoms with van der Waals surface area (Å²) in [5.41, 5.74) is 1.22. The number of nitrogens with one attached hydrogen (secondary N) is 2. The van der Waals surface area contributed by atoms with Crippen LogP contribution in [0.1, 0.15) is 36.1 Å². The van der Waals surface area contributed by atoms with Crippen molar-refractivity contribution < 1.29 is 9.90 Å². The predicted octanol–water partition coefficient (Wildman–Crippen LogP) is 2.16. The highest BCUT2D eigenvalue weighted by Gasteiger charge is 2.20. The summed E-state index contributed by atoms with van der Waals surface area (Å²) in [6.07, 6.45) is 3.13. The molecule has 0 radical (unpaired) electrons. The van der Waals surface area contributed by atoms with Gasteiger partial charge in [0, 0.05) is 10.9 Å². The van der Waals surface area contributed by atoms with E-state index < -0.39 is 0 Å². The van der Waals surface area contributed by atoms with Gasteiger partial charge in [-0.2, -0.15) is 0 Å². The summed E-state index contributed by atoms with van der Waals surface area (Å²) in [4.78, 5) is 12.9. The fraction of sp³-hybridized carbons (Fsp3) is 0.615. The van der Waals surface area contributed by atoms with E-state index in [0.717, 1.165) is 25.7 Å². The molecule has 1 fully saturated rings. The van der Waals surface area contributed by atoms with Crippen LogP contribution in [-0.2, 0) is 6.54 Å². The van der Waals surface area contributed by atoms with Crippen molar-refractivity contribution in [2.45, 2.75) is 51.3 Å². The Morgan fingerprint density at radius 2 is 2.17 bits per heavy atom. The topological polar surface area (TPSA) is 61.4 Å². The highest BCUT2D eigenvalue weighted by atomic mass is 32.1. The molecule has 2 rings (SSSR count). The fourth-order valence-corrected chi connectivity index (χ4v) is 3.05. The lowest BCUT2D eigenvalue weighted by Crippen LogP contribution is -2.43. The van der Waals surface area contributed by atoms with Crippen LogP contribution in [0, 0.1) is 6.92 Å². The quantitative estimate of drug-likeness (QED) is 0.786. The molecule has 100 valence electrons. The Kier molecular flexibility index (Phi) is 4.60. The van der Waals surface area contributed by atoms with Crippen LogP contribution < -0.4 is 10.6 Å². The first kappa shape index (κ1) is 13.4. The van der Waals surface area contributed by atoms with Gasteiger partial charge in [0.1, 0.15) is 0 Å². The molecule has 2 amide bonds. The first-order valence-electron chi connectivity index (χ1n) is 6.40. The van der Waals surface area contributed by atoms with E-state index in [-0.39, 0.29) is 18.2 Å². The Balaban J connectivity index is 1.71. The highest BCUT2D eigenvalue weighted by molar-refractivity contribution is 7.10. The number of carbonyl (C=O) groups is 1. The van der Waals surface area contributed by atoms with Crippen LogP contribution in [-0.4, -0.2) is 23.3 Å². The molecule has 18 heavy (non-hydrogen) atoms. The third-order valence-electron chi connectivity index (χ3n) is 3.41. The minimum absolute atomic E-state index is 0.107. The summed E-state index contributed by atoms with van der Waals surface area (Å²) in [5, 5.41) is 17.3. The molecule has 0 aliphatic heterocycles. The third kappa shape index (κ3) is 3.71. The molecule has 1 aliphatic carbocycles. The van der Waals surface area contributed by atoms with Crippen LogP contribution in [0.5, 0.6) is 0 Å². The summed E-state index contributed by atoms with van der Waals surface area (Å²) in [6.45, 7) is 2.64. The lowest BCUT2D eigenvalue weighted by Gasteiger charge is -2.26. The normalized spacial score (nSPS) is 23.7. The van der Waals surface area contributed by atoms with E-state index in [4.69, 9.17) is 0 Å². The molecule has 0 aromatic carbocycles. The molecular weight excluding hydrogens is 248 g/mol. The highest BCUT2D eigenvalue weighted by Crippen LogP contribution is 2.18. The number of aliphatic hydroxyl groups excluding tert-OH is 1. The van der Waals surface area contributed by atoms with Crippen molar-refractivity contribution in [3.8, 4) is 0 Å². The van der Waals surface area contributed by atoms with Gasteiger partial charge in [-0.1, -0.05) is 0 Å². The van der Waals surface area contributed by atoms with E-state index in [1.54, 1.807) is 11.3 Å². The van der Waals surface area contributed by atoms with Crippen molar-refractivity contribution in [3.63, 3.8) is 0 Å². The van der Waals surface area contributed by atoms with Crippen molar-refractivity contribution in [1.82, 2.24) is 10.6 Å². The van der Waals surface area contributed by atoms with Gasteiger partial charge in [0.2, 0.25) is 0 Å². The number of rotatable bonds is 3. The molecule has 1 aromatic rings. The van der Waals surface area contributed by atoms with E-state index in [1.165, 1.54) is 10.4 Å². The van der Waals surface area contributed by atoms with Crippen molar-refractivity contribution in [3.05, 3.63) is 21.9 Å². The SMILES string of the molecule is Cc1ccsc1CNC(=O)NC1CCC(O)CC1. The molecule has 1 aromatic heterocycles. The monoisotopic (exact) mass is 268 g/mol. The zero-order valence-corrected chi connectivity index (χ0v) is 11.4. The molecule has 5 heteroatoms. The second-order valence-electron chi connectivity index (χ2n) is 4.86. The van der Waals surface area contributed by atoms with Crippen molar-refractivity contribution in [1.29, 1.82) is 0 Å². The van der Waals surface area contributed by atoms with E-state index in [2.05, 4.69) is 16.7 Å². The fourth-order valence-electron chi connectivity index (χ4n) is 2.20. The van der Waals surface area contributed by atoms with Crippen molar-refractivity contribution in [2.24, 2.45) is 0 Å². The van der Waals surface area contributed by atoms with Crippen LogP contribution in [0.15, 0.2) is 11.4 Å². The Morgan fingerprint density at radius 3 is 2.78 bits per heavy atom. The van der Waals surface area contributed by atoms with Crippen LogP contribution in [0.2, 0.25) is 0 Å². The maximum Gasteiger partial charge on any atom is 0.315 e. The predicted molar refractivity (Wildman–Crippen MR) is 72.7 cm³/mol. The Hall–Kier alpha value is -1.07. The number of carbonyl (C=O) groups excluding carboxylic acids is 1. The van der Waals surface area contributed by atoms with E-state index >= 15 is 0 Å². The number of amides is 2. The molecule has 1 saturated carbocycles. The number of aliphatic hydroxyl groups is 1. The van der Waals surface area contributed by atoms with Crippen LogP contribution >= 0.6 is 11.3 Å². The Labute approximate surface area is 111 Å². The van der Waals surface area contributed by atoms with Gasteiger partial charge in [0.25, 0.3) is 0 Å². The van der Waals surface area contributed by atoms with Gasteiger partial charge in [-0.15, -0.1) is 11.3 Å². The van der Waals surface area contributed by atoms with Crippen LogP contribution in [0.3, 0.4) is 0 Å². The maximum atomic E-state index is 11.7. The zero-order chi connectivity index (χ0) is 13.0. The lowest BCUT2D eigenvalue weighted by atomic mass is 9.93.